The summed E-state index contributed by atoms with van der Waals surface area (Å²) < 4.78 is 9.14. The van der Waals surface area contributed by atoms with Crippen molar-refractivity contribution < 1.29 is 19.7 Å². The topological polar surface area (TPSA) is 92.8 Å². The van der Waals surface area contributed by atoms with E-state index in [2.05, 4.69) is 90.4 Å². The first kappa shape index (κ1) is 24.4. The van der Waals surface area contributed by atoms with Crippen molar-refractivity contribution in [3.05, 3.63) is 44.1 Å². The fraction of sp³-hybridized carbons (Fsp3) is 0.133. The van der Waals surface area contributed by atoms with Crippen LogP contribution in [-0.2, 0) is 11.2 Å². The molecule has 0 bridgehead atoms. The molecule has 2 rings (SSSR count). The van der Waals surface area contributed by atoms with Gasteiger partial charge in [-0.1, -0.05) is 0 Å². The maximum atomic E-state index is 10.9. The van der Waals surface area contributed by atoms with Crippen molar-refractivity contribution in [2.45, 2.75) is 12.5 Å². The van der Waals surface area contributed by atoms with Gasteiger partial charge in [0, 0.05) is 29.6 Å². The number of carboxylic acid groups (broad SMARTS) is 1. The minimum Gasteiger partial charge on any atom is -0.506 e. The third-order valence-corrected chi connectivity index (χ3v) is 6.29. The molecule has 0 aliphatic heterocycles. The van der Waals surface area contributed by atoms with E-state index >= 15 is 0 Å². The summed E-state index contributed by atoms with van der Waals surface area (Å²) in [5, 5.41) is 18.8. The van der Waals surface area contributed by atoms with E-state index in [0.717, 1.165) is 12.7 Å². The largest absolute Gasteiger partial charge is 0.506 e. The number of halogens is 4. The number of benzene rings is 2. The number of hydrogen-bond donors (Lipinski definition) is 3. The summed E-state index contributed by atoms with van der Waals surface area (Å²) in [7, 11) is 0. The van der Waals surface area contributed by atoms with Crippen LogP contribution < -0.4 is 10.5 Å². The summed E-state index contributed by atoms with van der Waals surface area (Å²) in [6.45, 7) is 0. The molecule has 0 saturated heterocycles. The maximum absolute atomic E-state index is 10.9. The summed E-state index contributed by atoms with van der Waals surface area (Å²) in [6.07, 6.45) is 0.261. The third-order valence-electron chi connectivity index (χ3n) is 3.04. The molecule has 4 N–H and O–H groups in total. The van der Waals surface area contributed by atoms with E-state index in [4.69, 9.17) is 15.6 Å². The molecule has 2 aromatic carbocycles. The Morgan fingerprint density at radius 1 is 1.04 bits per heavy atom. The SMILES string of the molecule is N[C@H](Cc1cc(I)c(Oc2cc(I)c(O)c(I)c2)c(I)c1)C(=O)O.[Na]. The van der Waals surface area contributed by atoms with Gasteiger partial charge in [-0.15, -0.1) is 0 Å². The van der Waals surface area contributed by atoms with E-state index in [9.17, 15) is 9.90 Å². The number of hydrogen-bond acceptors (Lipinski definition) is 4. The standard InChI is InChI=1S/C15H11I4NO4.Na/c16-8-4-7(5-9(17)13(8)21)24-14-10(18)1-6(2-11(14)19)3-12(20)15(22)23;/h1-2,4-5,12,21H,3,20H2,(H,22,23);/t12-;/m1./s1. The Morgan fingerprint density at radius 2 is 1.52 bits per heavy atom. The van der Waals surface area contributed by atoms with Crippen LogP contribution in [0.2, 0.25) is 0 Å². The first-order chi connectivity index (χ1) is 11.2. The second kappa shape index (κ2) is 10.8. The van der Waals surface area contributed by atoms with Gasteiger partial charge in [-0.2, -0.15) is 0 Å². The zero-order chi connectivity index (χ0) is 18.0. The van der Waals surface area contributed by atoms with Crippen molar-refractivity contribution in [1.82, 2.24) is 0 Å². The number of aromatic hydroxyl groups is 1. The molecule has 0 fully saturated rings. The van der Waals surface area contributed by atoms with E-state index < -0.39 is 12.0 Å². The van der Waals surface area contributed by atoms with Gasteiger partial charge in [0.1, 0.15) is 17.5 Å². The number of rotatable bonds is 5. The Kier molecular flexibility index (Phi) is 10.6. The van der Waals surface area contributed by atoms with Crippen LogP contribution in [-0.4, -0.2) is 51.8 Å². The molecule has 0 spiro atoms. The number of nitrogens with two attached hydrogens (primary N) is 1. The Labute approximate surface area is 221 Å². The van der Waals surface area contributed by atoms with Crippen LogP contribution in [0.4, 0.5) is 0 Å². The molecule has 0 heterocycles. The van der Waals surface area contributed by atoms with E-state index in [-0.39, 0.29) is 41.7 Å². The Balaban J connectivity index is 0.00000312. The first-order valence-electron chi connectivity index (χ1n) is 6.51. The number of carboxylic acids is 1. The van der Waals surface area contributed by atoms with E-state index in [1.807, 2.05) is 12.1 Å². The van der Waals surface area contributed by atoms with Crippen molar-refractivity contribution >= 4 is 126 Å². The van der Waals surface area contributed by atoms with Crippen LogP contribution in [0.1, 0.15) is 5.56 Å². The molecule has 5 nitrogen and oxygen atoms in total. The van der Waals surface area contributed by atoms with Gasteiger partial charge in [-0.3, -0.25) is 4.79 Å². The Morgan fingerprint density at radius 3 is 1.96 bits per heavy atom. The van der Waals surface area contributed by atoms with Gasteiger partial charge in [0.15, 0.2) is 5.75 Å². The van der Waals surface area contributed by atoms with Gasteiger partial charge >= 0.3 is 5.97 Å². The van der Waals surface area contributed by atoms with E-state index in [0.29, 0.717) is 18.6 Å². The Bertz CT molecular complexity index is 757. The molecule has 25 heavy (non-hydrogen) atoms. The van der Waals surface area contributed by atoms with Crippen LogP contribution >= 0.6 is 90.4 Å². The summed E-state index contributed by atoms with van der Waals surface area (Å²) >= 11 is 8.42. The van der Waals surface area contributed by atoms with Gasteiger partial charge in [0.2, 0.25) is 0 Å². The quantitative estimate of drug-likeness (QED) is 0.312. The predicted octanol–water partition coefficient (Wildman–Crippen LogP) is 4.18. The Hall–Kier alpha value is 1.39. The molecule has 0 aromatic heterocycles. The molecule has 10 heteroatoms. The van der Waals surface area contributed by atoms with Gasteiger partial charge in [-0.05, 0) is 127 Å². The molecular formula is C15H11I4NNaO4. The van der Waals surface area contributed by atoms with Gasteiger partial charge in [0.25, 0.3) is 0 Å². The van der Waals surface area contributed by atoms with Crippen molar-refractivity contribution in [2.75, 3.05) is 0 Å². The van der Waals surface area contributed by atoms with Crippen LogP contribution in [0.25, 0.3) is 0 Å². The molecule has 0 aliphatic rings. The van der Waals surface area contributed by atoms with Crippen molar-refractivity contribution in [3.63, 3.8) is 0 Å². The van der Waals surface area contributed by atoms with E-state index in [1.54, 1.807) is 12.1 Å². The van der Waals surface area contributed by atoms with Crippen molar-refractivity contribution in [2.24, 2.45) is 5.73 Å². The fourth-order valence-corrected chi connectivity index (χ4v) is 5.72. The first-order valence-corrected chi connectivity index (χ1v) is 10.8. The minimum absolute atomic E-state index is 0. The van der Waals surface area contributed by atoms with Crippen LogP contribution in [0.3, 0.4) is 0 Å². The monoisotopic (exact) mass is 800 g/mol. The average molecular weight is 800 g/mol. The zero-order valence-electron chi connectivity index (χ0n) is 12.9. The second-order valence-electron chi connectivity index (χ2n) is 4.88. The normalized spacial score (nSPS) is 11.6. The summed E-state index contributed by atoms with van der Waals surface area (Å²) in [5.41, 5.74) is 6.44. The molecule has 1 radical (unpaired) electrons. The summed E-state index contributed by atoms with van der Waals surface area (Å²) in [4.78, 5) is 10.9. The molecule has 0 aliphatic carbocycles. The summed E-state index contributed by atoms with van der Waals surface area (Å²) in [5.74, 6) is 0.549. The predicted molar refractivity (Wildman–Crippen MR) is 131 cm³/mol. The molecule has 2 aromatic rings. The number of carbonyl (C=O) groups is 1. The smallest absolute Gasteiger partial charge is 0.320 e. The van der Waals surface area contributed by atoms with E-state index in [1.165, 1.54) is 0 Å². The molecule has 0 saturated carbocycles. The number of phenols is 1. The van der Waals surface area contributed by atoms with Crippen molar-refractivity contribution in [1.29, 1.82) is 0 Å². The molecule has 1 atom stereocenters. The molecular weight excluding hydrogens is 789 g/mol. The third kappa shape index (κ3) is 6.74. The molecule has 0 amide bonds. The second-order valence-corrected chi connectivity index (χ2v) is 9.52. The van der Waals surface area contributed by atoms with Gasteiger partial charge < -0.3 is 20.7 Å². The van der Waals surface area contributed by atoms with Gasteiger partial charge in [0.05, 0.1) is 14.3 Å². The zero-order valence-corrected chi connectivity index (χ0v) is 23.5. The maximum Gasteiger partial charge on any atom is 0.320 e. The molecule has 0 unspecified atom stereocenters. The number of aliphatic carboxylic acids is 1. The van der Waals surface area contributed by atoms with Crippen molar-refractivity contribution in [3.8, 4) is 17.2 Å². The number of ether oxygens (including phenoxy) is 1. The minimum atomic E-state index is -1.02. The van der Waals surface area contributed by atoms with Gasteiger partial charge in [-0.25, -0.2) is 0 Å². The molecule has 129 valence electrons. The van der Waals surface area contributed by atoms with Crippen LogP contribution in [0.15, 0.2) is 24.3 Å². The van der Waals surface area contributed by atoms with Crippen LogP contribution in [0.5, 0.6) is 17.2 Å². The average Bonchev–Trinajstić information content (AvgIpc) is 2.48. The summed E-state index contributed by atoms with van der Waals surface area (Å²) in [6, 6.07) is 6.34. The number of phenolic OH excluding ortho intramolecular Hbond substituents is 1. The fourth-order valence-electron chi connectivity index (χ4n) is 1.89. The van der Waals surface area contributed by atoms with Crippen LogP contribution in [0, 0.1) is 14.3 Å².